The Balaban J connectivity index is 2.06. The first-order valence-electron chi connectivity index (χ1n) is 5.70. The summed E-state index contributed by atoms with van der Waals surface area (Å²) in [6.45, 7) is 3.69. The third kappa shape index (κ3) is 2.57. The molecular weight excluding hydrogens is 230 g/mol. The lowest BCUT2D eigenvalue weighted by Gasteiger charge is -2.28. The van der Waals surface area contributed by atoms with E-state index in [1.165, 1.54) is 0 Å². The number of carbonyl (C=O) groups is 1. The number of benzene rings is 1. The molecule has 94 valence electrons. The monoisotopic (exact) mass is 245 g/mol. The standard InChI is InChI=1S/C14H15NO3/c1-4-14(2,3)15-13(16)12-9-17-10-7-5-6-8-11(10)18-12/h1,5-8,12H,9H2,2-3H3,(H,15,16). The Morgan fingerprint density at radius 1 is 1.44 bits per heavy atom. The van der Waals surface area contributed by atoms with Gasteiger partial charge >= 0.3 is 0 Å². The highest BCUT2D eigenvalue weighted by atomic mass is 16.6. The molecule has 1 N–H and O–H groups in total. The molecule has 1 atom stereocenters. The highest BCUT2D eigenvalue weighted by Gasteiger charge is 2.30. The maximum Gasteiger partial charge on any atom is 0.265 e. The lowest BCUT2D eigenvalue weighted by atomic mass is 10.1. The molecule has 0 fully saturated rings. The molecule has 1 amide bonds. The number of amides is 1. The summed E-state index contributed by atoms with van der Waals surface area (Å²) >= 11 is 0. The Hall–Kier alpha value is -2.15. The van der Waals surface area contributed by atoms with Crippen LogP contribution in [0.15, 0.2) is 24.3 Å². The Labute approximate surface area is 106 Å². The normalized spacial score (nSPS) is 17.7. The van der Waals surface area contributed by atoms with Crippen LogP contribution in [0.3, 0.4) is 0 Å². The predicted octanol–water partition coefficient (Wildman–Crippen LogP) is 1.35. The van der Waals surface area contributed by atoms with Crippen LogP contribution < -0.4 is 14.8 Å². The van der Waals surface area contributed by atoms with Gasteiger partial charge in [0.05, 0.1) is 5.54 Å². The highest BCUT2D eigenvalue weighted by Crippen LogP contribution is 2.30. The van der Waals surface area contributed by atoms with Crippen molar-refractivity contribution in [3.63, 3.8) is 0 Å². The molecule has 1 aromatic rings. The average Bonchev–Trinajstić information content (AvgIpc) is 2.37. The van der Waals surface area contributed by atoms with E-state index in [1.807, 2.05) is 12.1 Å². The number of hydrogen-bond acceptors (Lipinski definition) is 3. The summed E-state index contributed by atoms with van der Waals surface area (Å²) in [4.78, 5) is 12.0. The van der Waals surface area contributed by atoms with E-state index < -0.39 is 11.6 Å². The third-order valence-electron chi connectivity index (χ3n) is 2.60. The van der Waals surface area contributed by atoms with E-state index in [1.54, 1.807) is 26.0 Å². The molecule has 2 rings (SSSR count). The summed E-state index contributed by atoms with van der Waals surface area (Å²) in [5, 5.41) is 2.73. The molecule has 0 aromatic heterocycles. The zero-order valence-electron chi connectivity index (χ0n) is 10.4. The number of ether oxygens (including phenoxy) is 2. The molecule has 1 heterocycles. The van der Waals surface area contributed by atoms with Crippen LogP contribution in [0, 0.1) is 12.3 Å². The van der Waals surface area contributed by atoms with Crippen molar-refractivity contribution in [2.45, 2.75) is 25.5 Å². The van der Waals surface area contributed by atoms with Gasteiger partial charge in [-0.25, -0.2) is 0 Å². The second-order valence-electron chi connectivity index (χ2n) is 4.62. The van der Waals surface area contributed by atoms with E-state index in [2.05, 4.69) is 11.2 Å². The molecule has 1 unspecified atom stereocenters. The SMILES string of the molecule is C#CC(C)(C)NC(=O)C1COc2ccccc2O1. The van der Waals surface area contributed by atoms with Gasteiger partial charge in [-0.1, -0.05) is 18.1 Å². The maximum absolute atomic E-state index is 12.0. The van der Waals surface area contributed by atoms with Crippen LogP contribution >= 0.6 is 0 Å². The van der Waals surface area contributed by atoms with Gasteiger partial charge in [-0.05, 0) is 26.0 Å². The van der Waals surface area contributed by atoms with Gasteiger partial charge in [-0.3, -0.25) is 4.79 Å². The van der Waals surface area contributed by atoms with Crippen molar-refractivity contribution in [2.75, 3.05) is 6.61 Å². The van der Waals surface area contributed by atoms with Crippen LogP contribution in [0.4, 0.5) is 0 Å². The molecule has 0 bridgehead atoms. The van der Waals surface area contributed by atoms with Crippen LogP contribution in [0.5, 0.6) is 11.5 Å². The summed E-state index contributed by atoms with van der Waals surface area (Å²) in [5.41, 5.74) is -0.697. The Morgan fingerprint density at radius 3 is 2.78 bits per heavy atom. The van der Waals surface area contributed by atoms with E-state index in [-0.39, 0.29) is 12.5 Å². The van der Waals surface area contributed by atoms with Crippen molar-refractivity contribution in [1.82, 2.24) is 5.32 Å². The van der Waals surface area contributed by atoms with E-state index in [0.29, 0.717) is 11.5 Å². The lowest BCUT2D eigenvalue weighted by Crippen LogP contribution is -2.51. The van der Waals surface area contributed by atoms with Gasteiger partial charge in [-0.2, -0.15) is 0 Å². The van der Waals surface area contributed by atoms with Crippen molar-refractivity contribution in [3.05, 3.63) is 24.3 Å². The predicted molar refractivity (Wildman–Crippen MR) is 67.4 cm³/mol. The minimum Gasteiger partial charge on any atom is -0.485 e. The van der Waals surface area contributed by atoms with E-state index in [4.69, 9.17) is 15.9 Å². The van der Waals surface area contributed by atoms with Crippen molar-refractivity contribution < 1.29 is 14.3 Å². The third-order valence-corrected chi connectivity index (χ3v) is 2.60. The Kier molecular flexibility index (Phi) is 3.15. The number of carbonyl (C=O) groups excluding carboxylic acids is 1. The van der Waals surface area contributed by atoms with Crippen LogP contribution in [0.1, 0.15) is 13.8 Å². The van der Waals surface area contributed by atoms with Crippen molar-refractivity contribution in [2.24, 2.45) is 0 Å². The molecule has 0 saturated heterocycles. The van der Waals surface area contributed by atoms with Crippen molar-refractivity contribution in [1.29, 1.82) is 0 Å². The molecule has 1 aliphatic heterocycles. The summed E-state index contributed by atoms with van der Waals surface area (Å²) in [6.07, 6.45) is 4.65. The van der Waals surface area contributed by atoms with E-state index >= 15 is 0 Å². The summed E-state index contributed by atoms with van der Waals surface area (Å²) in [5.74, 6) is 3.45. The van der Waals surface area contributed by atoms with E-state index in [9.17, 15) is 4.79 Å². The van der Waals surface area contributed by atoms with Gasteiger partial charge < -0.3 is 14.8 Å². The van der Waals surface area contributed by atoms with Crippen LogP contribution in [-0.4, -0.2) is 24.2 Å². The average molecular weight is 245 g/mol. The molecular formula is C14H15NO3. The smallest absolute Gasteiger partial charge is 0.265 e. The second-order valence-corrected chi connectivity index (χ2v) is 4.62. The molecule has 18 heavy (non-hydrogen) atoms. The zero-order valence-corrected chi connectivity index (χ0v) is 10.4. The number of terminal acetylenes is 1. The Morgan fingerprint density at radius 2 is 2.11 bits per heavy atom. The first-order valence-corrected chi connectivity index (χ1v) is 5.70. The summed E-state index contributed by atoms with van der Waals surface area (Å²) in [6, 6.07) is 7.24. The number of fused-ring (bicyclic) bond motifs is 1. The molecule has 0 radical (unpaired) electrons. The molecule has 4 nitrogen and oxygen atoms in total. The zero-order chi connectivity index (χ0) is 13.2. The fraction of sp³-hybridized carbons (Fsp3) is 0.357. The van der Waals surface area contributed by atoms with Crippen molar-refractivity contribution >= 4 is 5.91 Å². The molecule has 0 saturated carbocycles. The summed E-state index contributed by atoms with van der Waals surface area (Å²) in [7, 11) is 0. The van der Waals surface area contributed by atoms with Crippen LogP contribution in [0.2, 0.25) is 0 Å². The van der Waals surface area contributed by atoms with Gasteiger partial charge in [0.25, 0.3) is 5.91 Å². The fourth-order valence-corrected chi connectivity index (χ4v) is 1.57. The highest BCUT2D eigenvalue weighted by molar-refractivity contribution is 5.82. The van der Waals surface area contributed by atoms with E-state index in [0.717, 1.165) is 0 Å². The molecule has 0 spiro atoms. The van der Waals surface area contributed by atoms with Crippen molar-refractivity contribution in [3.8, 4) is 23.8 Å². The first-order chi connectivity index (χ1) is 8.52. The maximum atomic E-state index is 12.0. The van der Waals surface area contributed by atoms with Gasteiger partial charge in [0, 0.05) is 0 Å². The van der Waals surface area contributed by atoms with Gasteiger partial charge in [-0.15, -0.1) is 6.42 Å². The second kappa shape index (κ2) is 4.61. The fourth-order valence-electron chi connectivity index (χ4n) is 1.57. The van der Waals surface area contributed by atoms with Gasteiger partial charge in [0.1, 0.15) is 6.61 Å². The Bertz CT molecular complexity index is 502. The number of nitrogens with one attached hydrogen (secondary N) is 1. The minimum atomic E-state index is -0.697. The molecule has 0 aliphatic carbocycles. The quantitative estimate of drug-likeness (QED) is 0.800. The van der Waals surface area contributed by atoms with Crippen LogP contribution in [0.25, 0.3) is 0 Å². The molecule has 4 heteroatoms. The van der Waals surface area contributed by atoms with Gasteiger partial charge in [0.15, 0.2) is 11.5 Å². The molecule has 1 aromatic carbocycles. The topological polar surface area (TPSA) is 47.6 Å². The minimum absolute atomic E-state index is 0.184. The molecule has 1 aliphatic rings. The lowest BCUT2D eigenvalue weighted by molar-refractivity contribution is -0.131. The summed E-state index contributed by atoms with van der Waals surface area (Å²) < 4.78 is 11.0. The largest absolute Gasteiger partial charge is 0.485 e. The number of rotatable bonds is 2. The first kappa shape index (κ1) is 12.3. The van der Waals surface area contributed by atoms with Gasteiger partial charge in [0.2, 0.25) is 6.10 Å². The number of hydrogen-bond donors (Lipinski definition) is 1. The number of para-hydroxylation sites is 2. The van der Waals surface area contributed by atoms with Crippen LogP contribution in [-0.2, 0) is 4.79 Å².